The van der Waals surface area contributed by atoms with E-state index in [4.69, 9.17) is 0 Å². The maximum atomic E-state index is 12.3. The topological polar surface area (TPSA) is 61.4 Å². The second kappa shape index (κ2) is 8.07. The molecule has 1 aliphatic heterocycles. The van der Waals surface area contributed by atoms with Crippen molar-refractivity contribution in [1.29, 1.82) is 0 Å². The molecule has 0 unspecified atom stereocenters. The number of carbonyl (C=O) groups excluding carboxylic acids is 1. The van der Waals surface area contributed by atoms with E-state index in [0.29, 0.717) is 5.69 Å². The van der Waals surface area contributed by atoms with Crippen molar-refractivity contribution in [3.8, 4) is 0 Å². The fourth-order valence-electron chi connectivity index (χ4n) is 2.91. The van der Waals surface area contributed by atoms with Crippen LogP contribution in [0.15, 0.2) is 36.7 Å². The Bertz CT molecular complexity index is 691. The van der Waals surface area contributed by atoms with Crippen molar-refractivity contribution in [3.05, 3.63) is 47.9 Å². The van der Waals surface area contributed by atoms with Gasteiger partial charge < -0.3 is 15.1 Å². The first kappa shape index (κ1) is 17.4. The van der Waals surface area contributed by atoms with Crippen molar-refractivity contribution < 1.29 is 4.79 Å². The highest BCUT2D eigenvalue weighted by Crippen LogP contribution is 2.14. The molecule has 1 fully saturated rings. The maximum absolute atomic E-state index is 12.3. The number of benzene rings is 1. The summed E-state index contributed by atoms with van der Waals surface area (Å²) in [4.78, 5) is 25.6. The quantitative estimate of drug-likeness (QED) is 0.906. The third-order valence-corrected chi connectivity index (χ3v) is 4.63. The van der Waals surface area contributed by atoms with Gasteiger partial charge in [-0.2, -0.15) is 0 Å². The number of nitrogens with one attached hydrogen (secondary N) is 1. The van der Waals surface area contributed by atoms with Crippen molar-refractivity contribution >= 4 is 17.4 Å². The van der Waals surface area contributed by atoms with Gasteiger partial charge in [0.05, 0.1) is 12.4 Å². The van der Waals surface area contributed by atoms with Crippen LogP contribution < -0.4 is 10.2 Å². The summed E-state index contributed by atoms with van der Waals surface area (Å²) in [5.41, 5.74) is 2.34. The lowest BCUT2D eigenvalue weighted by Crippen LogP contribution is -2.46. The summed E-state index contributed by atoms with van der Waals surface area (Å²) in [7, 11) is 0. The molecule has 132 valence electrons. The Labute approximate surface area is 148 Å². The van der Waals surface area contributed by atoms with Crippen molar-refractivity contribution in [2.45, 2.75) is 20.3 Å². The maximum Gasteiger partial charge on any atom is 0.275 e. The molecule has 2 heterocycles. The van der Waals surface area contributed by atoms with Gasteiger partial charge >= 0.3 is 0 Å². The predicted molar refractivity (Wildman–Crippen MR) is 100 cm³/mol. The van der Waals surface area contributed by atoms with Crippen LogP contribution in [-0.4, -0.2) is 53.5 Å². The van der Waals surface area contributed by atoms with Crippen LogP contribution in [-0.2, 0) is 6.42 Å². The first-order valence-corrected chi connectivity index (χ1v) is 8.89. The first-order valence-electron chi connectivity index (χ1n) is 8.89. The number of piperazine rings is 1. The van der Waals surface area contributed by atoms with Crippen molar-refractivity contribution in [1.82, 2.24) is 14.9 Å². The number of anilines is 2. The second-order valence-electron chi connectivity index (χ2n) is 6.19. The predicted octanol–water partition coefficient (Wildman–Crippen LogP) is 2.43. The zero-order chi connectivity index (χ0) is 17.6. The molecule has 1 N–H and O–H groups in total. The Morgan fingerprint density at radius 1 is 1.04 bits per heavy atom. The number of rotatable bonds is 5. The number of amides is 1. The SMILES string of the molecule is CCc1ccc(NC(=O)c2cnc(N3CCN(CC)CC3)cn2)cc1. The smallest absolute Gasteiger partial charge is 0.275 e. The lowest BCUT2D eigenvalue weighted by atomic mass is 10.1. The molecule has 0 bridgehead atoms. The molecule has 1 aromatic heterocycles. The minimum Gasteiger partial charge on any atom is -0.353 e. The Morgan fingerprint density at radius 3 is 2.32 bits per heavy atom. The minimum absolute atomic E-state index is 0.237. The van der Waals surface area contributed by atoms with Crippen LogP contribution in [0.1, 0.15) is 29.9 Å². The van der Waals surface area contributed by atoms with Gasteiger partial charge in [-0.3, -0.25) is 4.79 Å². The molecule has 1 saturated heterocycles. The van der Waals surface area contributed by atoms with E-state index in [-0.39, 0.29) is 5.91 Å². The normalized spacial score (nSPS) is 15.2. The Balaban J connectivity index is 1.60. The second-order valence-corrected chi connectivity index (χ2v) is 6.19. The van der Waals surface area contributed by atoms with Crippen LogP contribution in [0.25, 0.3) is 0 Å². The highest BCUT2D eigenvalue weighted by molar-refractivity contribution is 6.02. The van der Waals surface area contributed by atoms with Gasteiger partial charge in [0.1, 0.15) is 11.5 Å². The van der Waals surface area contributed by atoms with Crippen molar-refractivity contribution in [2.75, 3.05) is 42.9 Å². The molecule has 0 spiro atoms. The molecule has 0 aliphatic carbocycles. The summed E-state index contributed by atoms with van der Waals surface area (Å²) in [6, 6.07) is 7.85. The number of nitrogens with zero attached hydrogens (tertiary/aromatic N) is 4. The zero-order valence-corrected chi connectivity index (χ0v) is 14.9. The molecule has 1 amide bonds. The highest BCUT2D eigenvalue weighted by Gasteiger charge is 2.17. The minimum atomic E-state index is -0.237. The number of hydrogen-bond donors (Lipinski definition) is 1. The third-order valence-electron chi connectivity index (χ3n) is 4.63. The fraction of sp³-hybridized carbons (Fsp3) is 0.421. The van der Waals surface area contributed by atoms with E-state index in [2.05, 4.69) is 38.9 Å². The molecule has 6 heteroatoms. The molecule has 3 rings (SSSR count). The van der Waals surface area contributed by atoms with Crippen LogP contribution in [0.5, 0.6) is 0 Å². The first-order chi connectivity index (χ1) is 12.2. The third kappa shape index (κ3) is 4.33. The molecular weight excluding hydrogens is 314 g/mol. The number of aromatic nitrogens is 2. The van der Waals surface area contributed by atoms with Gasteiger partial charge in [-0.1, -0.05) is 26.0 Å². The molecule has 2 aromatic rings. The number of aryl methyl sites for hydroxylation is 1. The van der Waals surface area contributed by atoms with Crippen LogP contribution >= 0.6 is 0 Å². The summed E-state index contributed by atoms with van der Waals surface area (Å²) >= 11 is 0. The molecular formula is C19H25N5O. The van der Waals surface area contributed by atoms with E-state index < -0.39 is 0 Å². The highest BCUT2D eigenvalue weighted by atomic mass is 16.1. The van der Waals surface area contributed by atoms with E-state index >= 15 is 0 Å². The van der Waals surface area contributed by atoms with E-state index in [1.807, 2.05) is 24.3 Å². The summed E-state index contributed by atoms with van der Waals surface area (Å²) in [5, 5.41) is 2.86. The molecule has 0 radical (unpaired) electrons. The molecule has 0 saturated carbocycles. The van der Waals surface area contributed by atoms with Gasteiger partial charge in [0, 0.05) is 31.9 Å². The van der Waals surface area contributed by atoms with Gasteiger partial charge in [0.15, 0.2) is 0 Å². The van der Waals surface area contributed by atoms with Crippen LogP contribution in [0.2, 0.25) is 0 Å². The van der Waals surface area contributed by atoms with Crippen molar-refractivity contribution in [2.24, 2.45) is 0 Å². The standard InChI is InChI=1S/C19H25N5O/c1-3-15-5-7-16(8-6-15)22-19(25)17-13-21-18(14-20-17)24-11-9-23(4-2)10-12-24/h5-8,13-14H,3-4,9-12H2,1-2H3,(H,22,25). The summed E-state index contributed by atoms with van der Waals surface area (Å²) in [5.74, 6) is 0.596. The van der Waals surface area contributed by atoms with Crippen LogP contribution in [0, 0.1) is 0 Å². The molecule has 1 aromatic carbocycles. The Kier molecular flexibility index (Phi) is 5.60. The Hall–Kier alpha value is -2.47. The summed E-state index contributed by atoms with van der Waals surface area (Å²) < 4.78 is 0. The average molecular weight is 339 g/mol. The van der Waals surface area contributed by atoms with Gasteiger partial charge in [0.25, 0.3) is 5.91 Å². The monoisotopic (exact) mass is 339 g/mol. The van der Waals surface area contributed by atoms with Gasteiger partial charge in [-0.25, -0.2) is 9.97 Å². The van der Waals surface area contributed by atoms with Gasteiger partial charge in [0.2, 0.25) is 0 Å². The largest absolute Gasteiger partial charge is 0.353 e. The number of likely N-dealkylation sites (N-methyl/N-ethyl adjacent to an activating group) is 1. The summed E-state index contributed by atoms with van der Waals surface area (Å²) in [6.45, 7) is 9.32. The van der Waals surface area contributed by atoms with Gasteiger partial charge in [-0.15, -0.1) is 0 Å². The lowest BCUT2D eigenvalue weighted by Gasteiger charge is -2.34. The molecule has 0 atom stereocenters. The van der Waals surface area contributed by atoms with Crippen LogP contribution in [0.4, 0.5) is 11.5 Å². The number of hydrogen-bond acceptors (Lipinski definition) is 5. The lowest BCUT2D eigenvalue weighted by molar-refractivity contribution is 0.102. The van der Waals surface area contributed by atoms with Gasteiger partial charge in [-0.05, 0) is 30.7 Å². The van der Waals surface area contributed by atoms with E-state index in [9.17, 15) is 4.79 Å². The molecule has 6 nitrogen and oxygen atoms in total. The summed E-state index contributed by atoms with van der Waals surface area (Å²) in [6.07, 6.45) is 4.22. The van der Waals surface area contributed by atoms with E-state index in [1.165, 1.54) is 5.56 Å². The fourth-order valence-corrected chi connectivity index (χ4v) is 2.91. The van der Waals surface area contributed by atoms with Crippen molar-refractivity contribution in [3.63, 3.8) is 0 Å². The van der Waals surface area contributed by atoms with E-state index in [1.54, 1.807) is 12.4 Å². The average Bonchev–Trinajstić information content (AvgIpc) is 2.69. The zero-order valence-electron chi connectivity index (χ0n) is 14.9. The molecule has 25 heavy (non-hydrogen) atoms. The molecule has 1 aliphatic rings. The van der Waals surface area contributed by atoms with Crippen LogP contribution in [0.3, 0.4) is 0 Å². The van der Waals surface area contributed by atoms with E-state index in [0.717, 1.165) is 50.6 Å². The number of carbonyl (C=O) groups is 1. The Morgan fingerprint density at radius 2 is 1.76 bits per heavy atom.